The molecule has 7 rings (SSSR count). The van der Waals surface area contributed by atoms with Crippen molar-refractivity contribution < 1.29 is 72.0 Å². The van der Waals surface area contributed by atoms with Gasteiger partial charge in [-0.25, -0.2) is 33.4 Å². The van der Waals surface area contributed by atoms with Crippen LogP contribution in [0, 0.1) is 33.5 Å². The van der Waals surface area contributed by atoms with Crippen LogP contribution in [0.4, 0.5) is 19.2 Å². The Hall–Kier alpha value is -7.53. The fourth-order valence-corrected chi connectivity index (χ4v) is 7.93. The molecule has 0 bridgehead atoms. The van der Waals surface area contributed by atoms with E-state index in [2.05, 4.69) is 51.7 Å². The van der Waals surface area contributed by atoms with Gasteiger partial charge in [-0.05, 0) is 84.0 Å². The molecule has 6 aliphatic rings. The van der Waals surface area contributed by atoms with E-state index in [1.807, 2.05) is 130 Å². The molecule has 29 nitrogen and oxygen atoms in total. The van der Waals surface area contributed by atoms with Crippen LogP contribution in [0.15, 0.2) is 15.8 Å². The van der Waals surface area contributed by atoms with Crippen LogP contribution in [0.25, 0.3) is 0 Å². The van der Waals surface area contributed by atoms with Crippen LogP contribution < -0.4 is 48.6 Å². The average Bonchev–Trinajstić information content (AvgIpc) is 4.04. The monoisotopic (exact) mass is 1170 g/mol. The Balaban J connectivity index is 0.000000921. The Labute approximate surface area is 475 Å². The number of nitrogens with one attached hydrogen (secondary N) is 8. The smallest absolute Gasteiger partial charge is 0.340 e. The van der Waals surface area contributed by atoms with Crippen molar-refractivity contribution in [2.75, 3.05) is 6.54 Å². The SMILES string of the molecule is C.CC(C)(C)C1C(=O)NC(=O)NC1=O.CC(C)(C)C1C(=O)NOC1=O.CC(C)(C)C1NC(=O)NC1=O.CC(C)(C)C1SC(=O)NC1=O.CC(C)(C)N1CC(=O)NC1=O.CC(C)(C)N1OC(=O)CC1=O.CC(C)(C)n1ncc(=O)[nH]c1=O. The first-order valence-electron chi connectivity index (χ1n) is 24.9. The number of urea groups is 3. The Kier molecular flexibility index (Phi) is 25.2. The van der Waals surface area contributed by atoms with Crippen LogP contribution in [0.1, 0.15) is 159 Å². The molecule has 14 amide bonds. The third-order valence-corrected chi connectivity index (χ3v) is 12.3. The molecule has 30 heteroatoms. The zero-order valence-corrected chi connectivity index (χ0v) is 50.3. The van der Waals surface area contributed by atoms with E-state index in [0.29, 0.717) is 0 Å². The number of hydrogen-bond acceptors (Lipinski definition) is 19. The van der Waals surface area contributed by atoms with E-state index in [1.54, 1.807) is 20.8 Å². The highest BCUT2D eigenvalue weighted by Crippen LogP contribution is 2.34. The van der Waals surface area contributed by atoms with Crippen LogP contribution in [0.3, 0.4) is 0 Å². The van der Waals surface area contributed by atoms with Gasteiger partial charge in [0.05, 0.1) is 16.3 Å². The Morgan fingerprint density at radius 1 is 0.543 bits per heavy atom. The van der Waals surface area contributed by atoms with Crippen molar-refractivity contribution >= 4 is 88.4 Å². The lowest BCUT2D eigenvalue weighted by Gasteiger charge is -2.30. The largest absolute Gasteiger partial charge is 0.345 e. The average molecular weight is 1170 g/mol. The number of hydroxylamine groups is 3. The van der Waals surface area contributed by atoms with Gasteiger partial charge in [0.15, 0.2) is 0 Å². The number of aromatic nitrogens is 3. The van der Waals surface area contributed by atoms with E-state index in [1.165, 1.54) is 9.58 Å². The summed E-state index contributed by atoms with van der Waals surface area (Å²) in [6.07, 6.45) is 0.962. The molecule has 6 saturated heterocycles. The van der Waals surface area contributed by atoms with Crippen molar-refractivity contribution in [3.8, 4) is 0 Å². The number of imide groups is 5. The molecule has 456 valence electrons. The van der Waals surface area contributed by atoms with Gasteiger partial charge >= 0.3 is 35.7 Å². The molecule has 0 aromatic carbocycles. The lowest BCUT2D eigenvalue weighted by molar-refractivity contribution is -0.196. The number of carbonyl (C=O) groups excluding carboxylic acids is 13. The predicted octanol–water partition coefficient (Wildman–Crippen LogP) is 3.01. The first kappa shape index (κ1) is 73.5. The Morgan fingerprint density at radius 3 is 1.27 bits per heavy atom. The van der Waals surface area contributed by atoms with Crippen molar-refractivity contribution in [2.45, 2.75) is 187 Å². The molecule has 1 aromatic rings. The summed E-state index contributed by atoms with van der Waals surface area (Å²) in [5, 5.41) is 17.7. The van der Waals surface area contributed by atoms with Gasteiger partial charge in [0, 0.05) is 5.54 Å². The fraction of sp³-hybridized carbons (Fsp3) is 0.686. The quantitative estimate of drug-likeness (QED) is 0.137. The number of thioether (sulfide) groups is 1. The normalized spacial score (nSPS) is 20.3. The number of H-pyrrole nitrogens is 1. The Morgan fingerprint density at radius 2 is 1.04 bits per heavy atom. The number of rotatable bonds is 0. The van der Waals surface area contributed by atoms with Gasteiger partial charge in [0.25, 0.3) is 28.5 Å². The van der Waals surface area contributed by atoms with E-state index in [0.717, 1.165) is 23.0 Å². The van der Waals surface area contributed by atoms with Crippen LogP contribution in [0.5, 0.6) is 0 Å². The van der Waals surface area contributed by atoms with Crippen LogP contribution in [0.2, 0.25) is 0 Å². The molecule has 3 atom stereocenters. The second-order valence-electron chi connectivity index (χ2n) is 25.8. The molecule has 8 N–H and O–H groups in total. The van der Waals surface area contributed by atoms with Crippen molar-refractivity contribution in [3.05, 3.63) is 27.0 Å². The molecule has 0 aliphatic carbocycles. The van der Waals surface area contributed by atoms with E-state index >= 15 is 0 Å². The predicted molar refractivity (Wildman–Crippen MR) is 294 cm³/mol. The first-order valence-corrected chi connectivity index (χ1v) is 25.8. The molecule has 0 saturated carbocycles. The van der Waals surface area contributed by atoms with Crippen LogP contribution >= 0.6 is 11.8 Å². The van der Waals surface area contributed by atoms with Crippen LogP contribution in [-0.2, 0) is 58.4 Å². The standard InChI is InChI=1S/C8H12N2O3.C7H11N3O2.2C7H12N2O2.2C7H11NO3.C7H11NO2S.CH4/c1-8(2,3)4-5(11)9-7(13)10-6(4)12;1-7(2,3)10-6(12)9-5(11)4-8-10;1-7(2,3)9-4-5(10)8-6(9)11;1-7(2,3)4-5(10)9-6(11)8-4;1-7(2,3)8-5(9)4-6(10)11-8;1-7(2,3)4-5(9)8-11-6(4)10;1-7(2,3)4-5(9)8-6(10)11-4;/h4H,1-3H3,(H2,9,10,11,12,13);4H,1-3H3,(H,9,11,12);4H2,1-3H3,(H,8,10,11);4H,1-3H3,(H2,8,9,10,11);4H2,1-3H3;4H,1-3H3,(H,8,9);4H,1-3H3,(H,8,9,10);1H4. The molecular weight excluding hydrogens is 1080 g/mol. The highest BCUT2D eigenvalue weighted by Gasteiger charge is 2.45. The van der Waals surface area contributed by atoms with Gasteiger partial charge in [-0.15, -0.1) is 0 Å². The summed E-state index contributed by atoms with van der Waals surface area (Å²) >= 11 is 1.08. The van der Waals surface area contributed by atoms with Crippen molar-refractivity contribution in [2.24, 2.45) is 33.5 Å². The highest BCUT2D eigenvalue weighted by atomic mass is 32.2. The zero-order chi connectivity index (χ0) is 62.8. The number of aromatic amines is 1. The summed E-state index contributed by atoms with van der Waals surface area (Å²) in [6, 6.07) is -1.82. The lowest BCUT2D eigenvalue weighted by Crippen LogP contribution is -2.59. The topological polar surface area (TPSA) is 399 Å². The molecule has 0 radical (unpaired) electrons. The minimum Gasteiger partial charge on any atom is -0.340 e. The summed E-state index contributed by atoms with van der Waals surface area (Å²) in [4.78, 5) is 177. The second-order valence-corrected chi connectivity index (χ2v) is 26.9. The summed E-state index contributed by atoms with van der Waals surface area (Å²) in [6.45, 7) is 39.1. The molecule has 7 heterocycles. The summed E-state index contributed by atoms with van der Waals surface area (Å²) < 4.78 is 1.23. The highest BCUT2D eigenvalue weighted by molar-refractivity contribution is 8.15. The number of barbiturate groups is 1. The summed E-state index contributed by atoms with van der Waals surface area (Å²) in [5.74, 6) is -4.69. The van der Waals surface area contributed by atoms with Gasteiger partial charge in [-0.1, -0.05) is 102 Å². The van der Waals surface area contributed by atoms with Gasteiger partial charge in [0.1, 0.15) is 37.0 Å². The van der Waals surface area contributed by atoms with Crippen molar-refractivity contribution in [1.29, 1.82) is 0 Å². The van der Waals surface area contributed by atoms with Gasteiger partial charge in [-0.2, -0.15) is 15.6 Å². The van der Waals surface area contributed by atoms with E-state index < -0.39 is 81.4 Å². The Bertz CT molecular complexity index is 2480. The lowest BCUT2D eigenvalue weighted by atomic mass is 9.79. The van der Waals surface area contributed by atoms with Crippen molar-refractivity contribution in [3.63, 3.8) is 0 Å². The number of nitrogens with zero attached hydrogens (tertiary/aromatic N) is 4. The maximum absolute atomic E-state index is 11.3. The third kappa shape index (κ3) is 23.2. The molecule has 1 aromatic heterocycles. The molecular formula is C51H84N12O17S. The maximum atomic E-state index is 11.3. The van der Waals surface area contributed by atoms with Gasteiger partial charge in [-0.3, -0.25) is 74.7 Å². The van der Waals surface area contributed by atoms with Crippen molar-refractivity contribution in [1.82, 2.24) is 62.1 Å². The molecule has 6 aliphatic heterocycles. The van der Waals surface area contributed by atoms with E-state index in [-0.39, 0.29) is 88.2 Å². The molecule has 0 spiro atoms. The molecule has 6 fully saturated rings. The van der Waals surface area contributed by atoms with Crippen LogP contribution in [-0.4, -0.2) is 130 Å². The summed E-state index contributed by atoms with van der Waals surface area (Å²) in [5.41, 5.74) is -1.20. The van der Waals surface area contributed by atoms with Gasteiger partial charge < -0.3 is 19.9 Å². The minimum absolute atomic E-state index is 0. The first-order chi connectivity index (χ1) is 35.8. The molecule has 3 unspecified atom stereocenters. The second kappa shape index (κ2) is 27.8. The molecule has 81 heavy (non-hydrogen) atoms. The third-order valence-electron chi connectivity index (χ3n) is 10.9. The number of amides is 14. The maximum Gasteiger partial charge on any atom is 0.345 e. The van der Waals surface area contributed by atoms with Gasteiger partial charge in [0.2, 0.25) is 23.6 Å². The minimum atomic E-state index is -0.801. The number of carbonyl (C=O) groups is 13. The zero-order valence-electron chi connectivity index (χ0n) is 49.4. The summed E-state index contributed by atoms with van der Waals surface area (Å²) in [7, 11) is 0. The van der Waals surface area contributed by atoms with E-state index in [9.17, 15) is 71.9 Å². The fourth-order valence-electron chi connectivity index (χ4n) is 7.04. The van der Waals surface area contributed by atoms with E-state index in [4.69, 9.17) is 0 Å². The number of hydrogen-bond donors (Lipinski definition) is 8.